The van der Waals surface area contributed by atoms with Crippen LogP contribution in [0.25, 0.3) is 0 Å². The van der Waals surface area contributed by atoms with Crippen LogP contribution in [0.2, 0.25) is 10.3 Å². The van der Waals surface area contributed by atoms with Crippen LogP contribution in [0.5, 0.6) is 0 Å². The minimum absolute atomic E-state index is 0.0119. The number of nitrogens with one attached hydrogen (secondary N) is 1. The van der Waals surface area contributed by atoms with Gasteiger partial charge in [0.2, 0.25) is 0 Å². The van der Waals surface area contributed by atoms with Crippen LogP contribution in [0.1, 0.15) is 42.6 Å². The molecular formula is C21H20Cl2F2N6O. The number of nitrogens with zero attached hydrogens (tertiary/aromatic N) is 4. The van der Waals surface area contributed by atoms with Gasteiger partial charge in [0, 0.05) is 11.3 Å². The molecule has 2 aromatic heterocycles. The quantitative estimate of drug-likeness (QED) is 0.563. The number of benzene rings is 1. The number of fused-ring (bicyclic) bond motifs is 1. The Morgan fingerprint density at radius 3 is 2.59 bits per heavy atom. The molecule has 1 aliphatic rings. The lowest BCUT2D eigenvalue weighted by Crippen LogP contribution is -2.38. The van der Waals surface area contributed by atoms with Crippen molar-refractivity contribution in [2.75, 3.05) is 5.32 Å². The minimum Gasteiger partial charge on any atom is -0.381 e. The fourth-order valence-electron chi connectivity index (χ4n) is 3.27. The average molecular weight is 481 g/mol. The highest BCUT2D eigenvalue weighted by atomic mass is 35.5. The third-order valence-corrected chi connectivity index (χ3v) is 5.44. The van der Waals surface area contributed by atoms with Crippen LogP contribution in [0, 0.1) is 11.6 Å². The topological polar surface area (TPSA) is 98.2 Å². The predicted octanol–water partition coefficient (Wildman–Crippen LogP) is 4.78. The summed E-state index contributed by atoms with van der Waals surface area (Å²) in [7, 11) is 0. The normalized spacial score (nSPS) is 17.0. The Bertz CT molecular complexity index is 1200. The SMILES string of the molecule is CC.CC1(c2cc(NC(=O)c3ccc(F)cn3)ccc2F)Cn2c(nc(Cl)c2Cl)C(N)=N1. The van der Waals surface area contributed by atoms with Crippen molar-refractivity contribution in [3.05, 3.63) is 75.6 Å². The van der Waals surface area contributed by atoms with Gasteiger partial charge >= 0.3 is 0 Å². The summed E-state index contributed by atoms with van der Waals surface area (Å²) in [5, 5.41) is 2.85. The van der Waals surface area contributed by atoms with Crippen molar-refractivity contribution in [3.63, 3.8) is 0 Å². The van der Waals surface area contributed by atoms with Gasteiger partial charge in [-0.25, -0.2) is 18.7 Å². The first-order valence-corrected chi connectivity index (χ1v) is 10.4. The zero-order chi connectivity index (χ0) is 23.6. The number of aromatic nitrogens is 3. The molecule has 11 heteroatoms. The number of aliphatic imine (C=N–C) groups is 1. The number of hydrogen-bond acceptors (Lipinski definition) is 5. The van der Waals surface area contributed by atoms with Gasteiger partial charge in [0.05, 0.1) is 12.7 Å². The van der Waals surface area contributed by atoms with Crippen LogP contribution >= 0.6 is 23.2 Å². The molecule has 0 aliphatic carbocycles. The molecule has 1 atom stereocenters. The Morgan fingerprint density at radius 2 is 1.94 bits per heavy atom. The Kier molecular flexibility index (Phi) is 6.80. The summed E-state index contributed by atoms with van der Waals surface area (Å²) in [6.45, 7) is 5.81. The Labute approximate surface area is 193 Å². The van der Waals surface area contributed by atoms with E-state index in [0.717, 1.165) is 12.3 Å². The molecule has 0 bridgehead atoms. The Balaban J connectivity index is 0.00000141. The molecule has 4 rings (SSSR count). The summed E-state index contributed by atoms with van der Waals surface area (Å²) in [6.07, 6.45) is 0.934. The van der Waals surface area contributed by atoms with Gasteiger partial charge in [0.15, 0.2) is 16.8 Å². The third kappa shape index (κ3) is 4.44. The number of imidazole rings is 1. The van der Waals surface area contributed by atoms with Crippen LogP contribution in [0.15, 0.2) is 41.5 Å². The number of amides is 1. The summed E-state index contributed by atoms with van der Waals surface area (Å²) in [5.41, 5.74) is 5.38. The van der Waals surface area contributed by atoms with Crippen molar-refractivity contribution in [3.8, 4) is 0 Å². The molecule has 0 radical (unpaired) electrons. The fourth-order valence-corrected chi connectivity index (χ4v) is 3.63. The molecule has 168 valence electrons. The van der Waals surface area contributed by atoms with E-state index < -0.39 is 23.1 Å². The van der Waals surface area contributed by atoms with Crippen molar-refractivity contribution >= 4 is 40.6 Å². The van der Waals surface area contributed by atoms with E-state index in [1.807, 2.05) is 13.8 Å². The summed E-state index contributed by atoms with van der Waals surface area (Å²) >= 11 is 12.2. The zero-order valence-electron chi connectivity index (χ0n) is 17.5. The number of amidine groups is 1. The maximum Gasteiger partial charge on any atom is 0.274 e. The number of nitrogens with two attached hydrogens (primary N) is 1. The fraction of sp³-hybridized carbons (Fsp3) is 0.238. The second-order valence-corrected chi connectivity index (χ2v) is 7.60. The monoisotopic (exact) mass is 480 g/mol. The van der Waals surface area contributed by atoms with Crippen molar-refractivity contribution < 1.29 is 13.6 Å². The predicted molar refractivity (Wildman–Crippen MR) is 120 cm³/mol. The smallest absolute Gasteiger partial charge is 0.274 e. The molecule has 1 aliphatic heterocycles. The van der Waals surface area contributed by atoms with Crippen LogP contribution in [0.3, 0.4) is 0 Å². The lowest BCUT2D eigenvalue weighted by Gasteiger charge is -2.32. The molecule has 0 spiro atoms. The molecule has 7 nitrogen and oxygen atoms in total. The van der Waals surface area contributed by atoms with Crippen LogP contribution in [0.4, 0.5) is 14.5 Å². The summed E-state index contributed by atoms with van der Waals surface area (Å²) < 4.78 is 29.3. The second-order valence-electron chi connectivity index (χ2n) is 6.88. The van der Waals surface area contributed by atoms with Gasteiger partial charge in [-0.1, -0.05) is 37.0 Å². The van der Waals surface area contributed by atoms with E-state index in [1.165, 1.54) is 24.3 Å². The maximum atomic E-state index is 14.8. The molecule has 3 N–H and O–H groups in total. The number of anilines is 1. The van der Waals surface area contributed by atoms with Crippen molar-refractivity contribution in [1.29, 1.82) is 0 Å². The highest BCUT2D eigenvalue weighted by molar-refractivity contribution is 6.41. The third-order valence-electron chi connectivity index (χ3n) is 4.69. The van der Waals surface area contributed by atoms with E-state index in [-0.39, 0.29) is 33.9 Å². The largest absolute Gasteiger partial charge is 0.381 e. The Morgan fingerprint density at radius 1 is 1.22 bits per heavy atom. The molecule has 3 heterocycles. The number of carbonyl (C=O) groups excluding carboxylic acids is 1. The summed E-state index contributed by atoms with van der Waals surface area (Å²) in [5.74, 6) is -1.32. The highest BCUT2D eigenvalue weighted by Crippen LogP contribution is 2.37. The molecule has 0 saturated heterocycles. The number of rotatable bonds is 3. The van der Waals surface area contributed by atoms with Gasteiger partial charge < -0.3 is 15.6 Å². The average Bonchev–Trinajstić information content (AvgIpc) is 3.05. The first-order chi connectivity index (χ1) is 15.2. The van der Waals surface area contributed by atoms with Crippen molar-refractivity contribution in [2.24, 2.45) is 10.7 Å². The number of halogens is 4. The minimum atomic E-state index is -1.14. The van der Waals surface area contributed by atoms with Gasteiger partial charge in [0.1, 0.15) is 28.0 Å². The maximum absolute atomic E-state index is 14.8. The first-order valence-electron chi connectivity index (χ1n) is 9.68. The van der Waals surface area contributed by atoms with Crippen molar-refractivity contribution in [1.82, 2.24) is 14.5 Å². The Hall–Kier alpha value is -3.04. The number of carbonyl (C=O) groups is 1. The van der Waals surface area contributed by atoms with E-state index in [9.17, 15) is 13.6 Å². The van der Waals surface area contributed by atoms with Gasteiger partial charge in [-0.2, -0.15) is 0 Å². The molecule has 32 heavy (non-hydrogen) atoms. The van der Waals surface area contributed by atoms with E-state index in [1.54, 1.807) is 11.5 Å². The summed E-state index contributed by atoms with van der Waals surface area (Å²) in [6, 6.07) is 6.42. The van der Waals surface area contributed by atoms with E-state index in [0.29, 0.717) is 11.5 Å². The summed E-state index contributed by atoms with van der Waals surface area (Å²) in [4.78, 5) is 24.6. The standard InChI is InChI=1S/C19H14Cl2F2N6O.C2H6/c1-19(8-29-15(21)14(20)27-17(29)16(24)28-19)11-6-10(3-4-12(11)23)26-18(30)13-5-2-9(22)7-25-13;1-2/h2-7H,8H2,1H3,(H2,24,28)(H,26,30);1-2H3. The van der Waals surface area contributed by atoms with Crippen LogP contribution in [-0.4, -0.2) is 26.3 Å². The number of hydrogen-bond donors (Lipinski definition) is 2. The zero-order valence-corrected chi connectivity index (χ0v) is 19.0. The second kappa shape index (κ2) is 9.22. The lowest BCUT2D eigenvalue weighted by atomic mass is 9.90. The molecule has 0 fully saturated rings. The van der Waals surface area contributed by atoms with E-state index >= 15 is 0 Å². The van der Waals surface area contributed by atoms with Gasteiger partial charge in [-0.15, -0.1) is 0 Å². The molecule has 1 amide bonds. The van der Waals surface area contributed by atoms with Crippen molar-refractivity contribution in [2.45, 2.75) is 32.9 Å². The molecule has 0 saturated carbocycles. The van der Waals surface area contributed by atoms with Gasteiger partial charge in [0.25, 0.3) is 5.91 Å². The van der Waals surface area contributed by atoms with E-state index in [4.69, 9.17) is 28.9 Å². The molecular weight excluding hydrogens is 461 g/mol. The van der Waals surface area contributed by atoms with Gasteiger partial charge in [-0.05, 0) is 37.3 Å². The number of pyridine rings is 1. The van der Waals surface area contributed by atoms with Crippen LogP contribution < -0.4 is 11.1 Å². The molecule has 1 unspecified atom stereocenters. The molecule has 1 aromatic carbocycles. The lowest BCUT2D eigenvalue weighted by molar-refractivity contribution is 0.102. The van der Waals surface area contributed by atoms with Crippen LogP contribution in [-0.2, 0) is 12.1 Å². The highest BCUT2D eigenvalue weighted by Gasteiger charge is 2.37. The van der Waals surface area contributed by atoms with E-state index in [2.05, 4.69) is 20.3 Å². The van der Waals surface area contributed by atoms with Gasteiger partial charge in [-0.3, -0.25) is 9.79 Å². The molecule has 3 aromatic rings. The first kappa shape index (κ1) is 23.6.